The van der Waals surface area contributed by atoms with Crippen LogP contribution in [0.25, 0.3) is 11.3 Å². The predicted molar refractivity (Wildman–Crippen MR) is 125 cm³/mol. The zero-order valence-electron chi connectivity index (χ0n) is 18.3. The molecule has 182 valence electrons. The Morgan fingerprint density at radius 1 is 1.15 bits per heavy atom. The zero-order valence-corrected chi connectivity index (χ0v) is 19.8. The lowest BCUT2D eigenvalue weighted by atomic mass is 10.1. The van der Waals surface area contributed by atoms with Crippen molar-refractivity contribution in [3.8, 4) is 17.0 Å². The van der Waals surface area contributed by atoms with Crippen molar-refractivity contribution in [1.82, 2.24) is 9.88 Å². The van der Waals surface area contributed by atoms with Gasteiger partial charge in [0.15, 0.2) is 4.80 Å². The van der Waals surface area contributed by atoms with Gasteiger partial charge >= 0.3 is 6.36 Å². The lowest BCUT2D eigenvalue weighted by Gasteiger charge is -2.12. The van der Waals surface area contributed by atoms with Gasteiger partial charge in [-0.1, -0.05) is 23.7 Å². The first kappa shape index (κ1) is 25.8. The van der Waals surface area contributed by atoms with E-state index in [0.29, 0.717) is 31.1 Å². The summed E-state index contributed by atoms with van der Waals surface area (Å²) in [4.78, 5) is 17.1. The van der Waals surface area contributed by atoms with Crippen molar-refractivity contribution in [2.45, 2.75) is 25.9 Å². The van der Waals surface area contributed by atoms with Gasteiger partial charge in [0.2, 0.25) is 5.91 Å². The molecule has 34 heavy (non-hydrogen) atoms. The highest BCUT2D eigenvalue weighted by Gasteiger charge is 2.31. The molecule has 2 aromatic carbocycles. The summed E-state index contributed by atoms with van der Waals surface area (Å²) in [5.74, 6) is -0.488. The number of hydrogen-bond acceptors (Lipinski definition) is 5. The van der Waals surface area contributed by atoms with Gasteiger partial charge in [0.1, 0.15) is 12.4 Å². The molecule has 0 atom stereocenters. The highest BCUT2D eigenvalue weighted by molar-refractivity contribution is 7.07. The molecule has 0 radical (unpaired) electrons. The molecular formula is C23H23ClF3N3O3S. The number of hydrogen-bond donors (Lipinski definition) is 1. The number of amides is 1. The third-order valence-electron chi connectivity index (χ3n) is 4.65. The van der Waals surface area contributed by atoms with Crippen LogP contribution in [0.4, 0.5) is 13.2 Å². The van der Waals surface area contributed by atoms with Crippen LogP contribution in [0.3, 0.4) is 0 Å². The minimum Gasteiger partial charge on any atom is -0.406 e. The predicted octanol–water partition coefficient (Wildman–Crippen LogP) is 5.02. The average Bonchev–Trinajstić information content (AvgIpc) is 3.18. The first-order valence-electron chi connectivity index (χ1n) is 10.3. The third-order valence-corrected chi connectivity index (χ3v) is 5.80. The van der Waals surface area contributed by atoms with Crippen LogP contribution < -0.4 is 14.9 Å². The molecule has 0 aliphatic heterocycles. The topological polar surface area (TPSA) is 64.8 Å². The summed E-state index contributed by atoms with van der Waals surface area (Å²) in [6.45, 7) is 1.43. The number of nitrogens with one attached hydrogen (secondary N) is 1. The molecule has 0 spiro atoms. The molecule has 0 bridgehead atoms. The molecule has 3 aromatic rings. The molecule has 0 fully saturated rings. The molecule has 0 saturated carbocycles. The van der Waals surface area contributed by atoms with Crippen LogP contribution in [0.1, 0.15) is 12.0 Å². The number of aromatic nitrogens is 1. The van der Waals surface area contributed by atoms with Crippen LogP contribution in [0.2, 0.25) is 5.02 Å². The summed E-state index contributed by atoms with van der Waals surface area (Å²) in [6.07, 6.45) is -4.12. The zero-order chi connectivity index (χ0) is 24.6. The van der Waals surface area contributed by atoms with Gasteiger partial charge in [-0.2, -0.15) is 0 Å². The Hall–Kier alpha value is -2.82. The fourth-order valence-corrected chi connectivity index (χ4v) is 4.19. The number of rotatable bonds is 10. The molecule has 0 unspecified atom stereocenters. The fourth-order valence-electron chi connectivity index (χ4n) is 3.12. The first-order valence-corrected chi connectivity index (χ1v) is 11.6. The van der Waals surface area contributed by atoms with Gasteiger partial charge in [0, 0.05) is 30.6 Å². The maximum absolute atomic E-state index is 12.5. The molecular weight excluding hydrogens is 491 g/mol. The Morgan fingerprint density at radius 2 is 1.85 bits per heavy atom. The van der Waals surface area contributed by atoms with Crippen LogP contribution in [0.15, 0.2) is 58.9 Å². The van der Waals surface area contributed by atoms with E-state index in [1.165, 1.54) is 30.6 Å². The van der Waals surface area contributed by atoms with Gasteiger partial charge in [-0.05, 0) is 53.9 Å². The summed E-state index contributed by atoms with van der Waals surface area (Å²) in [7, 11) is 1.45. The maximum atomic E-state index is 12.5. The van der Waals surface area contributed by atoms with E-state index in [-0.39, 0.29) is 18.3 Å². The van der Waals surface area contributed by atoms with Crippen LogP contribution in [0, 0.1) is 0 Å². The number of thiazole rings is 1. The molecule has 1 aromatic heterocycles. The molecule has 0 aliphatic rings. The normalized spacial score (nSPS) is 12.1. The maximum Gasteiger partial charge on any atom is 0.573 e. The van der Waals surface area contributed by atoms with Crippen molar-refractivity contribution in [2.24, 2.45) is 4.99 Å². The van der Waals surface area contributed by atoms with E-state index in [0.717, 1.165) is 21.6 Å². The van der Waals surface area contributed by atoms with Crippen molar-refractivity contribution >= 4 is 28.8 Å². The fraction of sp³-hybridized carbons (Fsp3) is 0.304. The monoisotopic (exact) mass is 513 g/mol. The van der Waals surface area contributed by atoms with E-state index < -0.39 is 6.36 Å². The number of carbonyl (C=O) groups is 1. The molecule has 0 saturated heterocycles. The summed E-state index contributed by atoms with van der Waals surface area (Å²) in [6, 6.07) is 13.1. The van der Waals surface area contributed by atoms with Gasteiger partial charge in [0.05, 0.1) is 12.2 Å². The summed E-state index contributed by atoms with van der Waals surface area (Å²) < 4.78 is 48.2. The molecule has 1 amide bonds. The number of alkyl halides is 3. The highest BCUT2D eigenvalue weighted by atomic mass is 35.5. The van der Waals surface area contributed by atoms with Crippen LogP contribution >= 0.6 is 22.9 Å². The SMILES string of the molecule is COCC(=O)NCCCn1c(-c2ccc(OC(F)(F)F)cc2)csc1=NCc1ccc(Cl)cc1. The molecule has 11 heteroatoms. The van der Waals surface area contributed by atoms with E-state index in [2.05, 4.69) is 10.1 Å². The summed E-state index contributed by atoms with van der Waals surface area (Å²) in [5.41, 5.74) is 2.52. The number of benzene rings is 2. The second kappa shape index (κ2) is 12.0. The molecule has 0 aliphatic carbocycles. The Balaban J connectivity index is 1.82. The Morgan fingerprint density at radius 3 is 2.50 bits per heavy atom. The van der Waals surface area contributed by atoms with Crippen molar-refractivity contribution < 1.29 is 27.4 Å². The van der Waals surface area contributed by atoms with E-state index in [9.17, 15) is 18.0 Å². The summed E-state index contributed by atoms with van der Waals surface area (Å²) >= 11 is 7.37. The van der Waals surface area contributed by atoms with Crippen LogP contribution in [0.5, 0.6) is 5.75 Å². The number of methoxy groups -OCH3 is 1. The Kier molecular flexibility index (Phi) is 9.14. The standard InChI is InChI=1S/C23H23ClF3N3O3S/c1-32-14-21(31)28-11-2-12-30-20(17-5-9-19(10-6-17)33-23(25,26)27)15-34-22(30)29-13-16-3-7-18(24)8-4-16/h3-10,15H,2,11-14H2,1H3,(H,28,31). The number of nitrogens with zero attached hydrogens (tertiary/aromatic N) is 2. The molecule has 1 heterocycles. The minimum atomic E-state index is -4.75. The number of carbonyl (C=O) groups excluding carboxylic acids is 1. The van der Waals surface area contributed by atoms with E-state index >= 15 is 0 Å². The van der Waals surface area contributed by atoms with Crippen molar-refractivity contribution in [2.75, 3.05) is 20.3 Å². The lowest BCUT2D eigenvalue weighted by molar-refractivity contribution is -0.274. The molecule has 1 N–H and O–H groups in total. The Bertz CT molecular complexity index is 1140. The highest BCUT2D eigenvalue weighted by Crippen LogP contribution is 2.27. The summed E-state index contributed by atoms with van der Waals surface area (Å²) in [5, 5.41) is 5.33. The number of ether oxygens (including phenoxy) is 2. The van der Waals surface area contributed by atoms with Crippen LogP contribution in [-0.4, -0.2) is 37.1 Å². The van der Waals surface area contributed by atoms with Crippen molar-refractivity contribution in [3.63, 3.8) is 0 Å². The largest absolute Gasteiger partial charge is 0.573 e. The second-order valence-corrected chi connectivity index (χ2v) is 8.48. The smallest absolute Gasteiger partial charge is 0.406 e. The molecule has 6 nitrogen and oxygen atoms in total. The first-order chi connectivity index (χ1) is 16.2. The van der Waals surface area contributed by atoms with Gasteiger partial charge in [-0.15, -0.1) is 24.5 Å². The van der Waals surface area contributed by atoms with Crippen molar-refractivity contribution in [3.05, 3.63) is 69.3 Å². The quantitative estimate of drug-likeness (QED) is 0.387. The van der Waals surface area contributed by atoms with Gasteiger partial charge in [-0.25, -0.2) is 0 Å². The molecule has 3 rings (SSSR count). The van der Waals surface area contributed by atoms with Gasteiger partial charge in [0.25, 0.3) is 0 Å². The Labute approximate surface area is 203 Å². The van der Waals surface area contributed by atoms with E-state index in [1.54, 1.807) is 24.3 Å². The average molecular weight is 514 g/mol. The second-order valence-electron chi connectivity index (χ2n) is 7.21. The van der Waals surface area contributed by atoms with Crippen LogP contribution in [-0.2, 0) is 22.6 Å². The van der Waals surface area contributed by atoms with E-state index in [1.807, 2.05) is 22.1 Å². The van der Waals surface area contributed by atoms with Gasteiger partial charge < -0.3 is 19.4 Å². The van der Waals surface area contributed by atoms with Gasteiger partial charge in [-0.3, -0.25) is 9.79 Å². The lowest BCUT2D eigenvalue weighted by Crippen LogP contribution is -2.29. The van der Waals surface area contributed by atoms with E-state index in [4.69, 9.17) is 21.3 Å². The van der Waals surface area contributed by atoms with Crippen molar-refractivity contribution in [1.29, 1.82) is 0 Å². The third kappa shape index (κ3) is 7.89. The minimum absolute atomic E-state index is 0.00906. The number of halogens is 4.